The molecule has 0 heterocycles. The van der Waals surface area contributed by atoms with Crippen LogP contribution in [0.2, 0.25) is 0 Å². The van der Waals surface area contributed by atoms with Gasteiger partial charge in [0.1, 0.15) is 0 Å². The van der Waals surface area contributed by atoms with E-state index in [0.29, 0.717) is 0 Å². The quantitative estimate of drug-likeness (QED) is 0.360. The summed E-state index contributed by atoms with van der Waals surface area (Å²) in [6.45, 7) is 4.59. The molecule has 0 aromatic heterocycles. The highest BCUT2D eigenvalue weighted by atomic mass is 16.5. The Hall–Kier alpha value is -1.79. The first-order chi connectivity index (χ1) is 12.1. The van der Waals surface area contributed by atoms with Crippen LogP contribution in [0.3, 0.4) is 0 Å². The monoisotopic (exact) mass is 349 g/mol. The molecule has 0 aliphatic heterocycles. The number of anilines is 1. The minimum Gasteiger partial charge on any atom is -0.385 e. The van der Waals surface area contributed by atoms with Crippen molar-refractivity contribution in [2.24, 2.45) is 4.99 Å². The van der Waals surface area contributed by atoms with Crippen molar-refractivity contribution in [3.63, 3.8) is 0 Å². The van der Waals surface area contributed by atoms with Crippen LogP contribution in [0.4, 0.5) is 5.69 Å². The molecule has 0 saturated heterocycles. The highest BCUT2D eigenvalue weighted by molar-refractivity contribution is 5.79. The summed E-state index contributed by atoms with van der Waals surface area (Å²) in [7, 11) is 9.80. The Morgan fingerprint density at radius 1 is 1.04 bits per heavy atom. The van der Waals surface area contributed by atoms with Crippen molar-refractivity contribution in [2.45, 2.75) is 12.8 Å². The van der Waals surface area contributed by atoms with E-state index in [4.69, 9.17) is 4.74 Å². The average Bonchev–Trinajstić information content (AvgIpc) is 2.61. The molecule has 0 bridgehead atoms. The summed E-state index contributed by atoms with van der Waals surface area (Å²) in [4.78, 5) is 8.69. The zero-order chi connectivity index (χ0) is 18.5. The maximum absolute atomic E-state index is 5.08. The minimum absolute atomic E-state index is 0.816. The van der Waals surface area contributed by atoms with E-state index in [9.17, 15) is 0 Å². The normalized spacial score (nSPS) is 11.7. The second-order valence-electron chi connectivity index (χ2n) is 6.39. The third-order valence-corrected chi connectivity index (χ3v) is 4.06. The Kier molecular flexibility index (Phi) is 10.7. The predicted octanol–water partition coefficient (Wildman–Crippen LogP) is 1.43. The fraction of sp³-hybridized carbons (Fsp3) is 0.632. The number of nitrogens with zero attached hydrogens (tertiary/aromatic N) is 3. The molecule has 6 heteroatoms. The van der Waals surface area contributed by atoms with Gasteiger partial charge in [-0.05, 0) is 37.6 Å². The fourth-order valence-corrected chi connectivity index (χ4v) is 2.46. The highest BCUT2D eigenvalue weighted by Crippen LogP contribution is 2.12. The van der Waals surface area contributed by atoms with Gasteiger partial charge in [-0.3, -0.25) is 4.99 Å². The molecule has 0 aliphatic carbocycles. The number of likely N-dealkylation sites (N-methyl/N-ethyl adjacent to an activating group) is 1. The van der Waals surface area contributed by atoms with Crippen molar-refractivity contribution in [1.29, 1.82) is 0 Å². The van der Waals surface area contributed by atoms with Crippen LogP contribution in [-0.2, 0) is 11.2 Å². The molecular formula is C19H35N5O. The number of ether oxygens (including phenoxy) is 1. The highest BCUT2D eigenvalue weighted by Gasteiger charge is 2.01. The lowest BCUT2D eigenvalue weighted by Crippen LogP contribution is -2.41. The Morgan fingerprint density at radius 2 is 1.72 bits per heavy atom. The van der Waals surface area contributed by atoms with Gasteiger partial charge in [-0.25, -0.2) is 0 Å². The largest absolute Gasteiger partial charge is 0.385 e. The fourth-order valence-electron chi connectivity index (χ4n) is 2.46. The molecule has 0 fully saturated rings. The third kappa shape index (κ3) is 9.31. The molecule has 0 aliphatic rings. The van der Waals surface area contributed by atoms with Crippen LogP contribution in [0.15, 0.2) is 29.3 Å². The number of guanidine groups is 1. The summed E-state index contributed by atoms with van der Waals surface area (Å²) in [5, 5.41) is 6.73. The van der Waals surface area contributed by atoms with Crippen molar-refractivity contribution in [1.82, 2.24) is 15.5 Å². The van der Waals surface area contributed by atoms with Gasteiger partial charge in [0.25, 0.3) is 0 Å². The zero-order valence-electron chi connectivity index (χ0n) is 16.5. The zero-order valence-corrected chi connectivity index (χ0v) is 16.5. The molecule has 0 radical (unpaired) electrons. The van der Waals surface area contributed by atoms with Crippen LogP contribution in [0.5, 0.6) is 0 Å². The van der Waals surface area contributed by atoms with Gasteiger partial charge in [0, 0.05) is 66.7 Å². The smallest absolute Gasteiger partial charge is 0.191 e. The van der Waals surface area contributed by atoms with E-state index < -0.39 is 0 Å². The standard InChI is InChI=1S/C19H35N5O/c1-20-19(22-13-15-24(4)14-6-16-25-5)21-12-11-17-7-9-18(10-8-17)23(2)3/h7-10H,6,11-16H2,1-5H3,(H2,20,21,22). The summed E-state index contributed by atoms with van der Waals surface area (Å²) >= 11 is 0. The van der Waals surface area contributed by atoms with Gasteiger partial charge in [-0.2, -0.15) is 0 Å². The van der Waals surface area contributed by atoms with Crippen LogP contribution >= 0.6 is 0 Å². The molecule has 1 aromatic rings. The van der Waals surface area contributed by atoms with Crippen molar-refractivity contribution in [2.75, 3.05) is 73.0 Å². The van der Waals surface area contributed by atoms with Crippen molar-refractivity contribution in [3.05, 3.63) is 29.8 Å². The van der Waals surface area contributed by atoms with Gasteiger partial charge in [0.2, 0.25) is 0 Å². The molecule has 2 N–H and O–H groups in total. The molecule has 1 rings (SSSR count). The summed E-state index contributed by atoms with van der Waals surface area (Å²) in [5.41, 5.74) is 2.55. The number of benzene rings is 1. The SMILES string of the molecule is CN=C(NCCc1ccc(N(C)C)cc1)NCCN(C)CCCOC. The number of nitrogens with one attached hydrogen (secondary N) is 2. The van der Waals surface area contributed by atoms with Crippen LogP contribution in [-0.4, -0.2) is 78.9 Å². The van der Waals surface area contributed by atoms with E-state index in [1.54, 1.807) is 7.11 Å². The molecule has 0 unspecified atom stereocenters. The minimum atomic E-state index is 0.816. The van der Waals surface area contributed by atoms with Crippen molar-refractivity contribution >= 4 is 11.6 Å². The summed E-state index contributed by atoms with van der Waals surface area (Å²) in [6, 6.07) is 8.67. The average molecular weight is 350 g/mol. The lowest BCUT2D eigenvalue weighted by Gasteiger charge is -2.18. The molecule has 0 spiro atoms. The maximum Gasteiger partial charge on any atom is 0.191 e. The van der Waals surface area contributed by atoms with Crippen LogP contribution in [0.1, 0.15) is 12.0 Å². The van der Waals surface area contributed by atoms with Gasteiger partial charge < -0.3 is 25.2 Å². The molecule has 1 aromatic carbocycles. The maximum atomic E-state index is 5.08. The summed E-state index contributed by atoms with van der Waals surface area (Å²) in [6.07, 6.45) is 2.04. The van der Waals surface area contributed by atoms with Gasteiger partial charge in [-0.15, -0.1) is 0 Å². The number of methoxy groups -OCH3 is 1. The van der Waals surface area contributed by atoms with Gasteiger partial charge >= 0.3 is 0 Å². The molecule has 25 heavy (non-hydrogen) atoms. The van der Waals surface area contributed by atoms with E-state index in [-0.39, 0.29) is 0 Å². The van der Waals surface area contributed by atoms with Gasteiger partial charge in [-0.1, -0.05) is 12.1 Å². The molecule has 6 nitrogen and oxygen atoms in total. The molecule has 142 valence electrons. The molecule has 0 amide bonds. The van der Waals surface area contributed by atoms with Crippen LogP contribution < -0.4 is 15.5 Å². The molecule has 0 atom stereocenters. The Labute approximate surface area is 153 Å². The number of hydrogen-bond acceptors (Lipinski definition) is 4. The molecule has 0 saturated carbocycles. The first kappa shape index (κ1) is 21.3. The van der Waals surface area contributed by atoms with E-state index >= 15 is 0 Å². The predicted molar refractivity (Wildman–Crippen MR) is 108 cm³/mol. The lowest BCUT2D eigenvalue weighted by molar-refractivity contribution is 0.180. The first-order valence-corrected chi connectivity index (χ1v) is 8.95. The van der Waals surface area contributed by atoms with Crippen LogP contribution in [0.25, 0.3) is 0 Å². The van der Waals surface area contributed by atoms with Crippen molar-refractivity contribution in [3.8, 4) is 0 Å². The van der Waals surface area contributed by atoms with E-state index in [2.05, 4.69) is 70.8 Å². The second-order valence-corrected chi connectivity index (χ2v) is 6.39. The Balaban J connectivity index is 2.21. The first-order valence-electron chi connectivity index (χ1n) is 8.95. The van der Waals surface area contributed by atoms with Gasteiger partial charge in [0.05, 0.1) is 0 Å². The van der Waals surface area contributed by atoms with Gasteiger partial charge in [0.15, 0.2) is 5.96 Å². The van der Waals surface area contributed by atoms with Crippen LogP contribution in [0, 0.1) is 0 Å². The summed E-state index contributed by atoms with van der Waals surface area (Å²) in [5.74, 6) is 0.857. The molecular weight excluding hydrogens is 314 g/mol. The third-order valence-electron chi connectivity index (χ3n) is 4.06. The summed E-state index contributed by atoms with van der Waals surface area (Å²) < 4.78 is 5.08. The lowest BCUT2D eigenvalue weighted by atomic mass is 10.1. The number of aliphatic imine (C=N–C) groups is 1. The van der Waals surface area contributed by atoms with E-state index in [1.807, 2.05) is 7.05 Å². The van der Waals surface area contributed by atoms with E-state index in [0.717, 1.165) is 51.6 Å². The number of rotatable bonds is 11. The number of hydrogen-bond donors (Lipinski definition) is 2. The Bertz CT molecular complexity index is 487. The topological polar surface area (TPSA) is 52.1 Å². The second kappa shape index (κ2) is 12.6. The van der Waals surface area contributed by atoms with Crippen molar-refractivity contribution < 1.29 is 4.74 Å². The van der Waals surface area contributed by atoms with E-state index in [1.165, 1.54) is 11.3 Å². The Morgan fingerprint density at radius 3 is 2.32 bits per heavy atom.